The van der Waals surface area contributed by atoms with E-state index >= 15 is 0 Å². The molecular formula is C35H53F3N2O. The molecule has 0 heterocycles. The van der Waals surface area contributed by atoms with Crippen LogP contribution in [0.4, 0.5) is 18.9 Å². The Kier molecular flexibility index (Phi) is 15.6. The second-order valence-corrected chi connectivity index (χ2v) is 11.2. The van der Waals surface area contributed by atoms with Crippen LogP contribution >= 0.6 is 0 Å². The van der Waals surface area contributed by atoms with Crippen molar-refractivity contribution in [3.8, 4) is 12.3 Å². The maximum atomic E-state index is 14.1. The number of carbonyl (C=O) groups excluding carboxylic acids is 1. The van der Waals surface area contributed by atoms with Crippen LogP contribution in [0, 0.1) is 18.3 Å². The molecular weight excluding hydrogens is 521 g/mol. The van der Waals surface area contributed by atoms with Crippen molar-refractivity contribution >= 4 is 11.6 Å². The van der Waals surface area contributed by atoms with Gasteiger partial charge in [0.1, 0.15) is 11.9 Å². The van der Waals surface area contributed by atoms with Crippen LogP contribution in [0.1, 0.15) is 88.1 Å². The SMILES string of the molecule is C.C.C#CC1C=CCC1.C=C/C(=C\C(F)=C/C)C(C(=O)NC1CCC(F)(F)CC1)N(C)c1ccc(C(C)(C)C)cc1.[HH]. The monoisotopic (exact) mass is 574 g/mol. The molecule has 41 heavy (non-hydrogen) atoms. The van der Waals surface area contributed by atoms with Gasteiger partial charge in [-0.15, -0.1) is 6.42 Å². The van der Waals surface area contributed by atoms with Gasteiger partial charge in [0.2, 0.25) is 11.8 Å². The predicted octanol–water partition coefficient (Wildman–Crippen LogP) is 9.57. The summed E-state index contributed by atoms with van der Waals surface area (Å²) >= 11 is 0. The Morgan fingerprint density at radius 1 is 1.20 bits per heavy atom. The predicted molar refractivity (Wildman–Crippen MR) is 172 cm³/mol. The molecule has 3 nitrogen and oxygen atoms in total. The lowest BCUT2D eigenvalue weighted by Crippen LogP contribution is -2.50. The van der Waals surface area contributed by atoms with Gasteiger partial charge >= 0.3 is 0 Å². The summed E-state index contributed by atoms with van der Waals surface area (Å²) < 4.78 is 41.1. The highest BCUT2D eigenvalue weighted by Gasteiger charge is 2.37. The molecule has 3 rings (SSSR count). The second kappa shape index (κ2) is 16.9. The molecule has 0 radical (unpaired) electrons. The Bertz CT molecular complexity index is 1100. The second-order valence-electron chi connectivity index (χ2n) is 11.2. The normalized spacial score (nSPS) is 19.3. The highest BCUT2D eigenvalue weighted by Crippen LogP contribution is 2.33. The molecule has 0 bridgehead atoms. The van der Waals surface area contributed by atoms with Crippen LogP contribution in [0.5, 0.6) is 0 Å². The minimum atomic E-state index is -2.67. The van der Waals surface area contributed by atoms with Gasteiger partial charge in [-0.2, -0.15) is 0 Å². The van der Waals surface area contributed by atoms with Gasteiger partial charge in [-0.05, 0) is 67.4 Å². The summed E-state index contributed by atoms with van der Waals surface area (Å²) in [4.78, 5) is 15.1. The molecule has 6 heteroatoms. The van der Waals surface area contributed by atoms with Crippen LogP contribution in [-0.4, -0.2) is 31.0 Å². The van der Waals surface area contributed by atoms with Crippen molar-refractivity contribution in [3.63, 3.8) is 0 Å². The molecule has 2 atom stereocenters. The fourth-order valence-electron chi connectivity index (χ4n) is 4.62. The summed E-state index contributed by atoms with van der Waals surface area (Å²) in [6.45, 7) is 11.7. The minimum Gasteiger partial charge on any atom is -0.359 e. The number of rotatable bonds is 7. The number of nitrogens with one attached hydrogen (secondary N) is 1. The summed E-state index contributed by atoms with van der Waals surface area (Å²) in [5.74, 6) is -0.395. The Morgan fingerprint density at radius 2 is 1.78 bits per heavy atom. The van der Waals surface area contributed by atoms with Crippen molar-refractivity contribution in [2.75, 3.05) is 11.9 Å². The van der Waals surface area contributed by atoms with Crippen molar-refractivity contribution in [2.24, 2.45) is 5.92 Å². The summed E-state index contributed by atoms with van der Waals surface area (Å²) in [7, 11) is 1.76. The number of terminal acetylenes is 1. The first-order valence-corrected chi connectivity index (χ1v) is 13.6. The number of nitrogens with zero attached hydrogens (tertiary/aromatic N) is 1. The van der Waals surface area contributed by atoms with Gasteiger partial charge in [0.25, 0.3) is 0 Å². The smallest absolute Gasteiger partial charge is 0.248 e. The first-order chi connectivity index (χ1) is 18.3. The Balaban J connectivity index is 0. The first kappa shape index (κ1) is 37.8. The topological polar surface area (TPSA) is 32.3 Å². The van der Waals surface area contributed by atoms with E-state index in [9.17, 15) is 18.0 Å². The lowest BCUT2D eigenvalue weighted by molar-refractivity contribution is -0.123. The van der Waals surface area contributed by atoms with E-state index in [2.05, 4.69) is 50.7 Å². The Hall–Kier alpha value is -3.20. The minimum absolute atomic E-state index is 0. The number of hydrogen-bond acceptors (Lipinski definition) is 2. The van der Waals surface area contributed by atoms with Crippen molar-refractivity contribution in [1.29, 1.82) is 0 Å². The lowest BCUT2D eigenvalue weighted by Gasteiger charge is -2.34. The summed E-state index contributed by atoms with van der Waals surface area (Å²) in [5.41, 5.74) is 2.31. The number of benzene rings is 1. The maximum Gasteiger partial charge on any atom is 0.248 e. The molecule has 0 spiro atoms. The largest absolute Gasteiger partial charge is 0.359 e. The van der Waals surface area contributed by atoms with Crippen molar-refractivity contribution in [3.05, 3.63) is 78.2 Å². The van der Waals surface area contributed by atoms with Crippen molar-refractivity contribution in [1.82, 2.24) is 5.32 Å². The fourth-order valence-corrected chi connectivity index (χ4v) is 4.62. The van der Waals surface area contributed by atoms with Gasteiger partial charge in [0.05, 0.1) is 0 Å². The molecule has 0 aliphatic heterocycles. The van der Waals surface area contributed by atoms with E-state index in [0.29, 0.717) is 11.5 Å². The van der Waals surface area contributed by atoms with Crippen LogP contribution in [0.25, 0.3) is 0 Å². The van der Waals surface area contributed by atoms with Crippen LogP contribution in [0.3, 0.4) is 0 Å². The van der Waals surface area contributed by atoms with Gasteiger partial charge < -0.3 is 10.2 Å². The molecule has 230 valence electrons. The van der Waals surface area contributed by atoms with Crippen LogP contribution in [0.15, 0.2) is 72.6 Å². The average Bonchev–Trinajstić information content (AvgIpc) is 3.43. The molecule has 2 aliphatic rings. The van der Waals surface area contributed by atoms with E-state index in [1.807, 2.05) is 24.3 Å². The number of carbonyl (C=O) groups is 1. The van der Waals surface area contributed by atoms with Crippen LogP contribution < -0.4 is 10.2 Å². The van der Waals surface area contributed by atoms with Crippen molar-refractivity contribution in [2.45, 2.75) is 104 Å². The van der Waals surface area contributed by atoms with E-state index < -0.39 is 17.8 Å². The van der Waals surface area contributed by atoms with E-state index in [4.69, 9.17) is 6.42 Å². The third kappa shape index (κ3) is 11.7. The van der Waals surface area contributed by atoms with Gasteiger partial charge in [-0.1, -0.05) is 84.6 Å². The molecule has 2 aliphatic carbocycles. The molecule has 1 aromatic rings. The number of halogens is 3. The summed E-state index contributed by atoms with van der Waals surface area (Å²) in [5, 5.41) is 2.90. The molecule has 1 aromatic carbocycles. The molecule has 1 N–H and O–H groups in total. The first-order valence-electron chi connectivity index (χ1n) is 13.6. The molecule has 2 unspecified atom stereocenters. The molecule has 1 saturated carbocycles. The van der Waals surface area contributed by atoms with Crippen LogP contribution in [-0.2, 0) is 10.2 Å². The highest BCUT2D eigenvalue weighted by atomic mass is 19.3. The van der Waals surface area contributed by atoms with Gasteiger partial charge in [0, 0.05) is 39.0 Å². The van der Waals surface area contributed by atoms with Gasteiger partial charge in [0.15, 0.2) is 0 Å². The average molecular weight is 575 g/mol. The summed E-state index contributed by atoms with van der Waals surface area (Å²) in [6.07, 6.45) is 15.7. The molecule has 1 amide bonds. The molecule has 0 aromatic heterocycles. The van der Waals surface area contributed by atoms with Gasteiger partial charge in [-0.3, -0.25) is 4.79 Å². The van der Waals surface area contributed by atoms with Gasteiger partial charge in [-0.25, -0.2) is 13.2 Å². The van der Waals surface area contributed by atoms with Crippen molar-refractivity contribution < 1.29 is 19.4 Å². The fraction of sp³-hybridized carbons (Fsp3) is 0.514. The summed E-state index contributed by atoms with van der Waals surface area (Å²) in [6, 6.07) is 6.67. The zero-order valence-corrected chi connectivity index (χ0v) is 23.9. The zero-order valence-electron chi connectivity index (χ0n) is 23.9. The molecule has 1 fully saturated rings. The van der Waals surface area contributed by atoms with E-state index in [1.165, 1.54) is 24.6 Å². The number of allylic oxidation sites excluding steroid dienone is 5. The standard InChI is InChI=1S/C26H35F3N2O.C7H8.2CH4.H2/c1-7-18(17-20(27)8-2)23(24(32)30-21-13-15-26(28,29)16-14-21)31(6)22-11-9-19(10-12-22)25(3,4)5;1-2-7-5-3-4-6-7;;;/h7-12,17,21,23H,1,13-16H2,2-6H3,(H,30,32);1,3,5,7H,4,6H2;2*1H4;1H/b18-17+,20-8+;;;;. The Labute approximate surface area is 249 Å². The number of likely N-dealkylation sites (N-methyl/N-ethyl adjacent to an activating group) is 1. The number of anilines is 1. The zero-order chi connectivity index (χ0) is 29.2. The highest BCUT2D eigenvalue weighted by molar-refractivity contribution is 5.89. The maximum absolute atomic E-state index is 14.1. The number of alkyl halides is 2. The number of hydrogen-bond donors (Lipinski definition) is 1. The quantitative estimate of drug-likeness (QED) is 0.200. The lowest BCUT2D eigenvalue weighted by atomic mass is 9.87. The van der Waals surface area contributed by atoms with Crippen LogP contribution in [0.2, 0.25) is 0 Å². The van der Waals surface area contributed by atoms with E-state index in [-0.39, 0.29) is 59.3 Å². The van der Waals surface area contributed by atoms with E-state index in [1.54, 1.807) is 18.9 Å². The third-order valence-corrected chi connectivity index (χ3v) is 7.20. The third-order valence-electron chi connectivity index (χ3n) is 7.20. The number of amides is 1. The molecule has 0 saturated heterocycles. The Morgan fingerprint density at radius 3 is 2.20 bits per heavy atom. The van der Waals surface area contributed by atoms with E-state index in [0.717, 1.165) is 17.7 Å².